The van der Waals surface area contributed by atoms with Gasteiger partial charge < -0.3 is 28.9 Å². The molecule has 0 N–H and O–H groups in total. The third-order valence-electron chi connectivity index (χ3n) is 13.2. The number of benzene rings is 3. The van der Waals surface area contributed by atoms with E-state index in [2.05, 4.69) is 37.5 Å². The second-order valence-corrected chi connectivity index (χ2v) is 19.2. The summed E-state index contributed by atoms with van der Waals surface area (Å²) in [6, 6.07) is 6.07. The molecule has 0 bridgehead atoms. The van der Waals surface area contributed by atoms with Crippen molar-refractivity contribution in [2.24, 2.45) is 0 Å². The zero-order valence-electron chi connectivity index (χ0n) is 39.4. The van der Waals surface area contributed by atoms with E-state index in [1.165, 1.54) is 4.90 Å². The average Bonchev–Trinajstić information content (AvgIpc) is 3.27. The van der Waals surface area contributed by atoms with E-state index in [4.69, 9.17) is 37.4 Å². The number of hydrogen-bond donors (Lipinski definition) is 0. The molecule has 5 atom stereocenters. The average molecular weight is 1000 g/mol. The van der Waals surface area contributed by atoms with Crippen molar-refractivity contribution in [3.63, 3.8) is 0 Å². The van der Waals surface area contributed by atoms with Gasteiger partial charge in [0.1, 0.15) is 0 Å². The molecule has 3 aliphatic rings. The van der Waals surface area contributed by atoms with E-state index in [1.807, 2.05) is 25.7 Å². The Morgan fingerprint density at radius 3 is 1.25 bits per heavy atom. The van der Waals surface area contributed by atoms with E-state index in [-0.39, 0.29) is 74.0 Å². The standard InChI is InChI=1S/C48H60Cl2F6N6O6/c1-27(2)60-11-8-57(21-30(60)5)41(63)24-66-46-35(49)16-33(17-36(46)50)14-28(3)61-12-9-58(22-31(61)6)42(64)25-67-47-39(53)18-34(19-40(47)54)15-29(4)62-13-10-59(23-32(62)7)43(65)26-68-48-44(55)37(51)20-38(52)45(48)56/h16-20,27-32H,8-15,21-26H2,1-7H3/t28-,29?,30?,31?,32?/m1/s1. The lowest BCUT2D eigenvalue weighted by atomic mass is 10.0. The van der Waals surface area contributed by atoms with Crippen LogP contribution < -0.4 is 14.2 Å². The molecule has 3 aliphatic heterocycles. The molecule has 3 heterocycles. The number of ether oxygens (including phenoxy) is 3. The first kappa shape index (κ1) is 52.9. The third-order valence-corrected chi connectivity index (χ3v) is 13.7. The van der Waals surface area contributed by atoms with Crippen LogP contribution in [-0.2, 0) is 27.2 Å². The van der Waals surface area contributed by atoms with Crippen molar-refractivity contribution in [3.8, 4) is 17.2 Å². The Labute approximate surface area is 403 Å². The molecule has 68 heavy (non-hydrogen) atoms. The van der Waals surface area contributed by atoms with Gasteiger partial charge in [-0.3, -0.25) is 29.1 Å². The van der Waals surface area contributed by atoms with Gasteiger partial charge in [-0.15, -0.1) is 0 Å². The minimum Gasteiger partial charge on any atom is -0.481 e. The van der Waals surface area contributed by atoms with E-state index < -0.39 is 71.4 Å². The number of amides is 3. The number of halogens is 8. The van der Waals surface area contributed by atoms with Crippen LogP contribution in [0.2, 0.25) is 10.0 Å². The molecule has 374 valence electrons. The molecular formula is C48H60Cl2F6N6O6. The molecule has 0 spiro atoms. The Kier molecular flexibility index (Phi) is 17.8. The second-order valence-electron chi connectivity index (χ2n) is 18.4. The van der Waals surface area contributed by atoms with Crippen LogP contribution in [0.1, 0.15) is 59.6 Å². The number of hydrogen-bond acceptors (Lipinski definition) is 9. The Bertz CT molecular complexity index is 2240. The summed E-state index contributed by atoms with van der Waals surface area (Å²) >= 11 is 13.3. The molecule has 12 nitrogen and oxygen atoms in total. The summed E-state index contributed by atoms with van der Waals surface area (Å²) in [5.74, 6) is -11.6. The van der Waals surface area contributed by atoms with Crippen molar-refractivity contribution in [2.75, 3.05) is 78.7 Å². The zero-order chi connectivity index (χ0) is 49.7. The van der Waals surface area contributed by atoms with Gasteiger partial charge in [-0.25, -0.2) is 17.6 Å². The molecule has 3 amide bonds. The molecule has 0 aromatic heterocycles. The summed E-state index contributed by atoms with van der Waals surface area (Å²) in [5, 5.41) is 0.611. The number of nitrogens with zero attached hydrogens (tertiary/aromatic N) is 6. The molecule has 6 rings (SSSR count). The van der Waals surface area contributed by atoms with Crippen LogP contribution in [-0.4, -0.2) is 162 Å². The first-order valence-electron chi connectivity index (χ1n) is 22.9. The number of carbonyl (C=O) groups is 3. The van der Waals surface area contributed by atoms with Crippen LogP contribution in [0.25, 0.3) is 0 Å². The van der Waals surface area contributed by atoms with Crippen molar-refractivity contribution < 1.29 is 54.9 Å². The lowest BCUT2D eigenvalue weighted by Gasteiger charge is -2.43. The van der Waals surface area contributed by atoms with E-state index in [0.29, 0.717) is 67.3 Å². The topological polar surface area (TPSA) is 98.3 Å². The van der Waals surface area contributed by atoms with Crippen molar-refractivity contribution in [1.82, 2.24) is 29.4 Å². The second kappa shape index (κ2) is 23.0. The lowest BCUT2D eigenvalue weighted by molar-refractivity contribution is -0.137. The highest BCUT2D eigenvalue weighted by atomic mass is 35.5. The van der Waals surface area contributed by atoms with Gasteiger partial charge in [0.05, 0.1) is 10.0 Å². The maximum atomic E-state index is 15.3. The Morgan fingerprint density at radius 2 is 0.868 bits per heavy atom. The smallest absolute Gasteiger partial charge is 0.260 e. The maximum Gasteiger partial charge on any atom is 0.260 e. The van der Waals surface area contributed by atoms with Crippen molar-refractivity contribution in [3.05, 3.63) is 86.4 Å². The number of piperazine rings is 3. The molecule has 3 aromatic carbocycles. The SMILES string of the molecule is CC(C)N1CCN(C(=O)COc2c(Cl)cc(C[C@@H](C)N3CCN(C(=O)COc4c(F)cc(CC(C)N5CCN(C(=O)COc6c(F)c(F)cc(F)c6F)CC5C)cc4F)CC3C)cc2Cl)CC1C. The van der Waals surface area contributed by atoms with Crippen molar-refractivity contribution in [1.29, 1.82) is 0 Å². The molecule has 4 unspecified atom stereocenters. The highest BCUT2D eigenvalue weighted by Gasteiger charge is 2.34. The Hall–Kier alpha value is -4.49. The van der Waals surface area contributed by atoms with Crippen molar-refractivity contribution in [2.45, 2.75) is 97.6 Å². The molecule has 3 fully saturated rings. The van der Waals surface area contributed by atoms with Gasteiger partial charge in [-0.2, -0.15) is 8.78 Å². The first-order valence-corrected chi connectivity index (χ1v) is 23.7. The predicted octanol–water partition coefficient (Wildman–Crippen LogP) is 7.23. The fourth-order valence-corrected chi connectivity index (χ4v) is 10.3. The van der Waals surface area contributed by atoms with Crippen LogP contribution in [0.4, 0.5) is 26.3 Å². The van der Waals surface area contributed by atoms with Crippen LogP contribution in [0.5, 0.6) is 17.2 Å². The molecule has 0 radical (unpaired) electrons. The molecule has 3 aromatic rings. The van der Waals surface area contributed by atoms with Gasteiger partial charge in [0.15, 0.2) is 60.3 Å². The van der Waals surface area contributed by atoms with Crippen molar-refractivity contribution >= 4 is 40.9 Å². The van der Waals surface area contributed by atoms with Crippen LogP contribution in [0.15, 0.2) is 30.3 Å². The first-order chi connectivity index (χ1) is 32.1. The number of carbonyl (C=O) groups excluding carboxylic acids is 3. The molecule has 3 saturated heterocycles. The normalized spacial score (nSPS) is 20.7. The van der Waals surface area contributed by atoms with E-state index >= 15 is 8.78 Å². The van der Waals surface area contributed by atoms with Gasteiger partial charge >= 0.3 is 0 Å². The summed E-state index contributed by atoms with van der Waals surface area (Å²) in [7, 11) is 0. The van der Waals surface area contributed by atoms with Gasteiger partial charge in [-0.05, 0) is 96.7 Å². The highest BCUT2D eigenvalue weighted by Crippen LogP contribution is 2.35. The zero-order valence-corrected chi connectivity index (χ0v) is 40.9. The van der Waals surface area contributed by atoms with Crippen LogP contribution in [0.3, 0.4) is 0 Å². The molecule has 0 saturated carbocycles. The summed E-state index contributed by atoms with van der Waals surface area (Å²) < 4.78 is 102. The Morgan fingerprint density at radius 1 is 0.515 bits per heavy atom. The third kappa shape index (κ3) is 12.6. The lowest BCUT2D eigenvalue weighted by Crippen LogP contribution is -2.57. The summed E-state index contributed by atoms with van der Waals surface area (Å²) in [6.45, 7) is 16.6. The van der Waals surface area contributed by atoms with Crippen LogP contribution in [0, 0.1) is 34.9 Å². The highest BCUT2D eigenvalue weighted by molar-refractivity contribution is 6.37. The quantitative estimate of drug-likeness (QED) is 0.109. The largest absolute Gasteiger partial charge is 0.481 e. The van der Waals surface area contributed by atoms with E-state index in [0.717, 1.165) is 24.2 Å². The van der Waals surface area contributed by atoms with Gasteiger partial charge in [0.2, 0.25) is 11.6 Å². The number of rotatable bonds is 16. The summed E-state index contributed by atoms with van der Waals surface area (Å²) in [6.07, 6.45) is 0.828. The van der Waals surface area contributed by atoms with Gasteiger partial charge in [-0.1, -0.05) is 23.2 Å². The molecule has 0 aliphatic carbocycles. The minimum atomic E-state index is -1.75. The van der Waals surface area contributed by atoms with Gasteiger partial charge in [0, 0.05) is 101 Å². The fourth-order valence-electron chi connectivity index (χ4n) is 9.68. The minimum absolute atomic E-state index is 0.0294. The molecular weight excluding hydrogens is 941 g/mol. The monoisotopic (exact) mass is 1000 g/mol. The fraction of sp³-hybridized carbons (Fsp3) is 0.562. The van der Waals surface area contributed by atoms with E-state index in [9.17, 15) is 31.9 Å². The van der Waals surface area contributed by atoms with E-state index in [1.54, 1.807) is 21.9 Å². The molecule has 20 heteroatoms. The summed E-state index contributed by atoms with van der Waals surface area (Å²) in [4.78, 5) is 50.5. The predicted molar refractivity (Wildman–Crippen MR) is 245 cm³/mol. The van der Waals surface area contributed by atoms with Gasteiger partial charge in [0.25, 0.3) is 17.7 Å². The Balaban J connectivity index is 0.933. The van der Waals surface area contributed by atoms with Crippen LogP contribution >= 0.6 is 23.2 Å². The summed E-state index contributed by atoms with van der Waals surface area (Å²) in [5.41, 5.74) is 1.22. The maximum absolute atomic E-state index is 15.3.